The van der Waals surface area contributed by atoms with E-state index in [-0.39, 0.29) is 48.2 Å². The molecule has 1 aliphatic heterocycles. The predicted molar refractivity (Wildman–Crippen MR) is 132 cm³/mol. The molecule has 0 spiro atoms. The molecule has 0 radical (unpaired) electrons. The molecular formula is C23H25F4N7O2S. The van der Waals surface area contributed by atoms with Crippen LogP contribution in [0.2, 0.25) is 0 Å². The third kappa shape index (κ3) is 4.82. The fraction of sp³-hybridized carbons (Fsp3) is 0.391. The van der Waals surface area contributed by atoms with Gasteiger partial charge in [-0.25, -0.2) is 13.9 Å². The van der Waals surface area contributed by atoms with E-state index in [9.17, 15) is 22.8 Å². The van der Waals surface area contributed by atoms with Crippen molar-refractivity contribution in [3.05, 3.63) is 42.0 Å². The molecule has 0 atom stereocenters. The zero-order valence-electron chi connectivity index (χ0n) is 20.3. The van der Waals surface area contributed by atoms with E-state index in [1.54, 1.807) is 13.8 Å². The van der Waals surface area contributed by atoms with E-state index >= 15 is 4.39 Å². The molecule has 198 valence electrons. The van der Waals surface area contributed by atoms with Crippen molar-refractivity contribution < 1.29 is 27.2 Å². The molecule has 14 heteroatoms. The number of anilines is 2. The van der Waals surface area contributed by atoms with Gasteiger partial charge in [0.2, 0.25) is 5.91 Å². The Balaban J connectivity index is 1.72. The number of halogens is 4. The molecule has 3 N–H and O–H groups in total. The second-order valence-electron chi connectivity index (χ2n) is 8.92. The average Bonchev–Trinajstić information content (AvgIpc) is 3.23. The summed E-state index contributed by atoms with van der Waals surface area (Å²) in [6.07, 6.45) is -1.69. The van der Waals surface area contributed by atoms with Gasteiger partial charge in [-0.2, -0.15) is 18.3 Å². The topological polar surface area (TPSA) is 109 Å². The highest BCUT2D eigenvalue weighted by atomic mass is 32.2. The molecular weight excluding hydrogens is 514 g/mol. The number of hydrogen-bond donors (Lipinski definition) is 2. The first-order valence-corrected chi connectivity index (χ1v) is 12.5. The smallest absolute Gasteiger partial charge is 0.382 e. The van der Waals surface area contributed by atoms with Crippen molar-refractivity contribution in [2.75, 3.05) is 36.5 Å². The maximum absolute atomic E-state index is 15.0. The van der Waals surface area contributed by atoms with Crippen molar-refractivity contribution in [3.8, 4) is 11.3 Å². The molecule has 9 nitrogen and oxygen atoms in total. The van der Waals surface area contributed by atoms with Crippen LogP contribution in [0.4, 0.5) is 29.1 Å². The first-order valence-electron chi connectivity index (χ1n) is 11.3. The summed E-state index contributed by atoms with van der Waals surface area (Å²) in [5.74, 6) is -1.82. The molecule has 3 heterocycles. The van der Waals surface area contributed by atoms with Gasteiger partial charge in [0, 0.05) is 31.6 Å². The normalized spacial score (nSPS) is 16.0. The van der Waals surface area contributed by atoms with E-state index in [0.717, 1.165) is 23.0 Å². The number of fused-ring (bicyclic) bond motifs is 1. The number of nitrogen functional groups attached to an aromatic ring is 1. The molecule has 4 rings (SSSR count). The molecule has 0 unspecified atom stereocenters. The van der Waals surface area contributed by atoms with Crippen molar-refractivity contribution in [2.45, 2.75) is 32.0 Å². The van der Waals surface area contributed by atoms with Gasteiger partial charge in [-0.3, -0.25) is 14.3 Å². The first kappa shape index (κ1) is 26.7. The minimum atomic E-state index is -4.74. The number of nitrogens with one attached hydrogen (secondary N) is 1. The van der Waals surface area contributed by atoms with Crippen molar-refractivity contribution >= 4 is 40.8 Å². The summed E-state index contributed by atoms with van der Waals surface area (Å²) >= 11 is 1.38. The van der Waals surface area contributed by atoms with Gasteiger partial charge in [0.25, 0.3) is 5.91 Å². The highest BCUT2D eigenvalue weighted by Crippen LogP contribution is 2.40. The van der Waals surface area contributed by atoms with Crippen molar-refractivity contribution in [1.82, 2.24) is 24.2 Å². The first-order chi connectivity index (χ1) is 17.4. The lowest BCUT2D eigenvalue weighted by molar-refractivity contribution is -0.147. The minimum absolute atomic E-state index is 0.000470. The number of rotatable bonds is 6. The van der Waals surface area contributed by atoms with Gasteiger partial charge >= 0.3 is 6.18 Å². The quantitative estimate of drug-likeness (QED) is 0.281. The molecule has 3 aromatic rings. The summed E-state index contributed by atoms with van der Waals surface area (Å²) in [6.45, 7) is 3.77. The maximum Gasteiger partial charge on any atom is 0.418 e. The Hall–Kier alpha value is -3.39. The van der Waals surface area contributed by atoms with Gasteiger partial charge in [-0.1, -0.05) is 11.9 Å². The Morgan fingerprint density at radius 3 is 2.65 bits per heavy atom. The van der Waals surface area contributed by atoms with Crippen LogP contribution >= 0.6 is 11.9 Å². The number of aromatic nitrogens is 3. The highest BCUT2D eigenvalue weighted by Gasteiger charge is 2.45. The zero-order valence-corrected chi connectivity index (χ0v) is 21.1. The number of nitrogens with two attached hydrogens (primary N) is 1. The van der Waals surface area contributed by atoms with Gasteiger partial charge in [0.1, 0.15) is 23.2 Å². The number of hydrogen-bond acceptors (Lipinski definition) is 7. The van der Waals surface area contributed by atoms with E-state index in [4.69, 9.17) is 5.73 Å². The lowest BCUT2D eigenvalue weighted by Gasteiger charge is -2.46. The van der Waals surface area contributed by atoms with Crippen LogP contribution in [-0.2, 0) is 15.8 Å². The molecule has 1 aliphatic rings. The maximum atomic E-state index is 15.0. The molecule has 2 amide bonds. The molecule has 1 saturated heterocycles. The second kappa shape index (κ2) is 9.82. The Labute approximate surface area is 214 Å². The van der Waals surface area contributed by atoms with Crippen LogP contribution in [0.15, 0.2) is 30.6 Å². The fourth-order valence-corrected chi connectivity index (χ4v) is 4.76. The predicted octanol–water partition coefficient (Wildman–Crippen LogP) is 3.35. The SMILES string of the molecule is CSNCCC(=O)N1CCN(c2cc(-c3cc(C(F)(F)F)c4c(N)ncnn34)ccc2F)C(=O)C1(C)C. The molecule has 2 aromatic heterocycles. The number of alkyl halides is 3. The second-order valence-corrected chi connectivity index (χ2v) is 9.62. The number of carbonyl (C=O) groups is 2. The summed E-state index contributed by atoms with van der Waals surface area (Å²) in [6, 6.07) is 4.53. The van der Waals surface area contributed by atoms with Gasteiger partial charge in [0.15, 0.2) is 5.82 Å². The highest BCUT2D eigenvalue weighted by molar-refractivity contribution is 7.96. The lowest BCUT2D eigenvalue weighted by atomic mass is 9.96. The fourth-order valence-electron chi connectivity index (χ4n) is 4.46. The monoisotopic (exact) mass is 539 g/mol. The van der Waals surface area contributed by atoms with E-state index in [1.807, 2.05) is 6.26 Å². The lowest BCUT2D eigenvalue weighted by Crippen LogP contribution is -2.65. The summed E-state index contributed by atoms with van der Waals surface area (Å²) < 4.78 is 60.2. The van der Waals surface area contributed by atoms with Gasteiger partial charge in [0.05, 0.1) is 16.9 Å². The number of carbonyl (C=O) groups excluding carboxylic acids is 2. The van der Waals surface area contributed by atoms with Crippen molar-refractivity contribution in [3.63, 3.8) is 0 Å². The number of amides is 2. The minimum Gasteiger partial charge on any atom is -0.382 e. The van der Waals surface area contributed by atoms with Crippen molar-refractivity contribution in [2.24, 2.45) is 0 Å². The van der Waals surface area contributed by atoms with Gasteiger partial charge in [-0.15, -0.1) is 0 Å². The molecule has 0 saturated carbocycles. The standard InChI is InChI=1S/C23H25F4N7O2S/c1-22(2)21(36)32(8-9-33(22)18(35)6-7-31-37-3)17-10-13(4-5-15(17)24)16-11-14(23(25,26)27)19-20(28)29-12-30-34(16)19/h4-5,10-12,31H,6-9H2,1-3H3,(H2,28,29,30). The summed E-state index contributed by atoms with van der Waals surface area (Å²) in [5.41, 5.74) is 3.08. The summed E-state index contributed by atoms with van der Waals surface area (Å²) in [4.78, 5) is 32.5. The largest absolute Gasteiger partial charge is 0.418 e. The van der Waals surface area contributed by atoms with E-state index in [1.165, 1.54) is 33.9 Å². The number of nitrogens with zero attached hydrogens (tertiary/aromatic N) is 5. The van der Waals surface area contributed by atoms with Crippen LogP contribution in [-0.4, -0.2) is 62.7 Å². The zero-order chi connectivity index (χ0) is 27.1. The van der Waals surface area contributed by atoms with Crippen LogP contribution in [0.5, 0.6) is 0 Å². The summed E-state index contributed by atoms with van der Waals surface area (Å²) in [7, 11) is 0. The number of benzene rings is 1. The molecule has 0 bridgehead atoms. The molecule has 0 aliphatic carbocycles. The third-order valence-corrected chi connectivity index (χ3v) is 6.79. The van der Waals surface area contributed by atoms with Crippen LogP contribution in [0.1, 0.15) is 25.8 Å². The number of piperazine rings is 1. The summed E-state index contributed by atoms with van der Waals surface area (Å²) in [5, 5.41) is 3.92. The Bertz CT molecular complexity index is 1360. The third-order valence-electron chi connectivity index (χ3n) is 6.30. The Kier molecular flexibility index (Phi) is 7.08. The van der Waals surface area contributed by atoms with E-state index in [2.05, 4.69) is 14.8 Å². The average molecular weight is 540 g/mol. The Morgan fingerprint density at radius 1 is 1.24 bits per heavy atom. The van der Waals surface area contributed by atoms with Gasteiger partial charge in [-0.05, 0) is 44.4 Å². The Morgan fingerprint density at radius 2 is 1.97 bits per heavy atom. The van der Waals surface area contributed by atoms with Crippen LogP contribution < -0.4 is 15.4 Å². The van der Waals surface area contributed by atoms with E-state index in [0.29, 0.717) is 6.54 Å². The van der Waals surface area contributed by atoms with Crippen LogP contribution in [0, 0.1) is 5.82 Å². The van der Waals surface area contributed by atoms with Crippen LogP contribution in [0.3, 0.4) is 0 Å². The van der Waals surface area contributed by atoms with Crippen LogP contribution in [0.25, 0.3) is 16.8 Å². The molecule has 1 fully saturated rings. The van der Waals surface area contributed by atoms with Gasteiger partial charge < -0.3 is 15.5 Å². The molecule has 1 aromatic carbocycles. The van der Waals surface area contributed by atoms with E-state index < -0.39 is 34.5 Å². The molecule has 37 heavy (non-hydrogen) atoms. The van der Waals surface area contributed by atoms with Crippen molar-refractivity contribution in [1.29, 1.82) is 0 Å².